The van der Waals surface area contributed by atoms with Gasteiger partial charge < -0.3 is 19.5 Å². The Kier molecular flexibility index (Phi) is 5.17. The van der Waals surface area contributed by atoms with Crippen LogP contribution in [0, 0.1) is 18.8 Å². The summed E-state index contributed by atoms with van der Waals surface area (Å²) in [6.07, 6.45) is 2.55. The number of ether oxygens (including phenoxy) is 2. The number of aliphatic hydroxyl groups excluding tert-OH is 1. The third-order valence-corrected chi connectivity index (χ3v) is 5.73. The second kappa shape index (κ2) is 7.75. The summed E-state index contributed by atoms with van der Waals surface area (Å²) >= 11 is 0. The molecule has 0 bridgehead atoms. The maximum atomic E-state index is 11.5. The van der Waals surface area contributed by atoms with E-state index in [1.807, 2.05) is 13.0 Å². The van der Waals surface area contributed by atoms with Gasteiger partial charge in [-0.3, -0.25) is 0 Å². The lowest BCUT2D eigenvalue weighted by molar-refractivity contribution is -0.0231. The van der Waals surface area contributed by atoms with Crippen molar-refractivity contribution in [2.24, 2.45) is 11.8 Å². The predicted molar refractivity (Wildman–Crippen MR) is 103 cm³/mol. The molecule has 1 aliphatic carbocycles. The predicted octanol–water partition coefficient (Wildman–Crippen LogP) is 2.23. The first-order chi connectivity index (χ1) is 13.5. The van der Waals surface area contributed by atoms with Crippen LogP contribution in [0.2, 0.25) is 0 Å². The van der Waals surface area contributed by atoms with Gasteiger partial charge in [0.25, 0.3) is 0 Å². The van der Waals surface area contributed by atoms with Gasteiger partial charge in [0.15, 0.2) is 0 Å². The summed E-state index contributed by atoms with van der Waals surface area (Å²) < 4.78 is 10.8. The molecule has 2 fully saturated rings. The number of esters is 1. The number of hydrogen-bond donors (Lipinski definition) is 1. The molecular formula is C21H25N3O4. The minimum Gasteiger partial charge on any atom is -0.488 e. The van der Waals surface area contributed by atoms with Crippen molar-refractivity contribution in [3.8, 4) is 5.75 Å². The van der Waals surface area contributed by atoms with E-state index in [-0.39, 0.29) is 12.1 Å². The first kappa shape index (κ1) is 18.7. The van der Waals surface area contributed by atoms with Gasteiger partial charge >= 0.3 is 5.97 Å². The number of carbonyl (C=O) groups excluding carboxylic acids is 1. The van der Waals surface area contributed by atoms with Crippen LogP contribution >= 0.6 is 0 Å². The van der Waals surface area contributed by atoms with Gasteiger partial charge in [0.05, 0.1) is 18.8 Å². The molecule has 1 aromatic heterocycles. The number of fused-ring (bicyclic) bond motifs is 1. The van der Waals surface area contributed by atoms with Crippen molar-refractivity contribution < 1.29 is 19.4 Å². The van der Waals surface area contributed by atoms with Crippen molar-refractivity contribution >= 4 is 11.8 Å². The van der Waals surface area contributed by atoms with Crippen molar-refractivity contribution in [2.75, 3.05) is 25.1 Å². The van der Waals surface area contributed by atoms with E-state index in [2.05, 4.69) is 14.9 Å². The van der Waals surface area contributed by atoms with Crippen molar-refractivity contribution in [3.05, 3.63) is 47.9 Å². The van der Waals surface area contributed by atoms with Crippen molar-refractivity contribution in [3.63, 3.8) is 0 Å². The lowest BCUT2D eigenvalue weighted by Gasteiger charge is -2.35. The quantitative estimate of drug-likeness (QED) is 0.811. The Labute approximate surface area is 164 Å². The molecule has 7 nitrogen and oxygen atoms in total. The van der Waals surface area contributed by atoms with E-state index >= 15 is 0 Å². The average Bonchev–Trinajstić information content (AvgIpc) is 3.11. The van der Waals surface area contributed by atoms with E-state index in [1.54, 1.807) is 30.5 Å². The smallest absolute Gasteiger partial charge is 0.337 e. The zero-order valence-electron chi connectivity index (χ0n) is 16.1. The highest BCUT2D eigenvalue weighted by molar-refractivity contribution is 5.89. The fourth-order valence-corrected chi connectivity index (χ4v) is 4.29. The highest BCUT2D eigenvalue weighted by Crippen LogP contribution is 2.39. The molecule has 1 aromatic carbocycles. The van der Waals surface area contributed by atoms with Crippen LogP contribution in [-0.4, -0.2) is 53.5 Å². The number of aryl methyl sites for hydroxylation is 1. The van der Waals surface area contributed by atoms with Gasteiger partial charge in [-0.05, 0) is 61.9 Å². The molecule has 0 radical (unpaired) electrons. The van der Waals surface area contributed by atoms with Crippen LogP contribution < -0.4 is 9.64 Å². The SMILES string of the molecule is COC(=O)c1ccc(O[C@H]2C[C@@H]3CN(c4ccnc(C)n4)C[C@@H]3C[C@@H]2O)cc1. The van der Waals surface area contributed by atoms with Crippen LogP contribution in [0.1, 0.15) is 29.0 Å². The molecule has 0 amide bonds. The maximum absolute atomic E-state index is 11.5. The van der Waals surface area contributed by atoms with Gasteiger partial charge in [-0.2, -0.15) is 0 Å². The van der Waals surface area contributed by atoms with Crippen molar-refractivity contribution in [2.45, 2.75) is 32.0 Å². The number of aliphatic hydroxyl groups is 1. The molecule has 4 atom stereocenters. The summed E-state index contributed by atoms with van der Waals surface area (Å²) in [7, 11) is 1.36. The van der Waals surface area contributed by atoms with Gasteiger partial charge in [0.2, 0.25) is 0 Å². The van der Waals surface area contributed by atoms with Gasteiger partial charge in [-0.15, -0.1) is 0 Å². The second-order valence-electron chi connectivity index (χ2n) is 7.60. The molecule has 1 saturated heterocycles. The largest absolute Gasteiger partial charge is 0.488 e. The molecule has 2 aromatic rings. The van der Waals surface area contributed by atoms with E-state index in [0.29, 0.717) is 23.1 Å². The summed E-state index contributed by atoms with van der Waals surface area (Å²) in [5.74, 6) is 2.88. The first-order valence-corrected chi connectivity index (χ1v) is 9.61. The van der Waals surface area contributed by atoms with Crippen LogP contribution in [0.4, 0.5) is 5.82 Å². The molecule has 4 rings (SSSR count). The molecular weight excluding hydrogens is 358 g/mol. The fourth-order valence-electron chi connectivity index (χ4n) is 4.29. The maximum Gasteiger partial charge on any atom is 0.337 e. The summed E-state index contributed by atoms with van der Waals surface area (Å²) in [6.45, 7) is 3.71. The highest BCUT2D eigenvalue weighted by Gasteiger charge is 2.43. The number of aromatic nitrogens is 2. The Morgan fingerprint density at radius 2 is 1.86 bits per heavy atom. The molecule has 28 heavy (non-hydrogen) atoms. The van der Waals surface area contributed by atoms with Crippen LogP contribution in [0.15, 0.2) is 36.5 Å². The minimum atomic E-state index is -0.506. The molecule has 1 saturated carbocycles. The Hall–Kier alpha value is -2.67. The summed E-state index contributed by atoms with van der Waals surface area (Å²) in [5, 5.41) is 10.6. The summed E-state index contributed by atoms with van der Waals surface area (Å²) in [6, 6.07) is 8.78. The zero-order chi connectivity index (χ0) is 19.7. The fraction of sp³-hybridized carbons (Fsp3) is 0.476. The molecule has 1 aliphatic heterocycles. The lowest BCUT2D eigenvalue weighted by Crippen LogP contribution is -2.42. The topological polar surface area (TPSA) is 84.8 Å². The monoisotopic (exact) mass is 383 g/mol. The number of rotatable bonds is 4. The third-order valence-electron chi connectivity index (χ3n) is 5.73. The lowest BCUT2D eigenvalue weighted by atomic mass is 9.78. The summed E-state index contributed by atoms with van der Waals surface area (Å²) in [5.41, 5.74) is 0.477. The number of carbonyl (C=O) groups is 1. The first-order valence-electron chi connectivity index (χ1n) is 9.61. The number of anilines is 1. The molecule has 1 N–H and O–H groups in total. The van der Waals surface area contributed by atoms with E-state index in [4.69, 9.17) is 9.47 Å². The van der Waals surface area contributed by atoms with Crippen LogP contribution in [0.25, 0.3) is 0 Å². The average molecular weight is 383 g/mol. The van der Waals surface area contributed by atoms with Crippen LogP contribution in [-0.2, 0) is 4.74 Å². The van der Waals surface area contributed by atoms with E-state index < -0.39 is 6.10 Å². The molecule has 0 spiro atoms. The molecule has 2 heterocycles. The highest BCUT2D eigenvalue weighted by atomic mass is 16.5. The van der Waals surface area contributed by atoms with Gasteiger partial charge in [0.1, 0.15) is 23.5 Å². The zero-order valence-corrected chi connectivity index (χ0v) is 16.1. The number of benzene rings is 1. The molecule has 148 valence electrons. The van der Waals surface area contributed by atoms with E-state index in [1.165, 1.54) is 7.11 Å². The molecule has 2 aliphatic rings. The van der Waals surface area contributed by atoms with Crippen molar-refractivity contribution in [1.29, 1.82) is 0 Å². The Morgan fingerprint density at radius 3 is 2.54 bits per heavy atom. The Morgan fingerprint density at radius 1 is 1.14 bits per heavy atom. The standard InChI is InChI=1S/C21H25N3O4/c1-13-22-8-7-20(23-13)24-11-15-9-18(25)19(10-16(15)12-24)28-17-5-3-14(4-6-17)21(26)27-2/h3-8,15-16,18-19,25H,9-12H2,1-2H3/t15-,16+,18-,19-/m0/s1. The number of nitrogens with zero attached hydrogens (tertiary/aromatic N) is 3. The van der Waals surface area contributed by atoms with Crippen LogP contribution in [0.5, 0.6) is 5.75 Å². The Balaban J connectivity index is 1.41. The Bertz CT molecular complexity index is 842. The third kappa shape index (κ3) is 3.80. The van der Waals surface area contributed by atoms with E-state index in [0.717, 1.165) is 37.6 Å². The second-order valence-corrected chi connectivity index (χ2v) is 7.60. The number of hydrogen-bond acceptors (Lipinski definition) is 7. The van der Waals surface area contributed by atoms with Gasteiger partial charge in [-0.25, -0.2) is 14.8 Å². The van der Waals surface area contributed by atoms with Gasteiger partial charge in [0, 0.05) is 19.3 Å². The van der Waals surface area contributed by atoms with Crippen LogP contribution in [0.3, 0.4) is 0 Å². The normalized spacial score (nSPS) is 26.6. The molecule has 0 unspecified atom stereocenters. The number of methoxy groups -OCH3 is 1. The van der Waals surface area contributed by atoms with Crippen molar-refractivity contribution in [1.82, 2.24) is 9.97 Å². The van der Waals surface area contributed by atoms with Gasteiger partial charge in [-0.1, -0.05) is 0 Å². The summed E-state index contributed by atoms with van der Waals surface area (Å²) in [4.78, 5) is 22.5. The minimum absolute atomic E-state index is 0.252. The van der Waals surface area contributed by atoms with E-state index in [9.17, 15) is 9.90 Å². The molecule has 7 heteroatoms.